The Labute approximate surface area is 119 Å². The summed E-state index contributed by atoms with van der Waals surface area (Å²) < 4.78 is 16.6. The van der Waals surface area contributed by atoms with E-state index in [1.54, 1.807) is 25.3 Å². The Morgan fingerprint density at radius 1 is 1.45 bits per heavy atom. The van der Waals surface area contributed by atoms with Gasteiger partial charge in [0.05, 0.1) is 13.7 Å². The number of nitrogens with two attached hydrogens (primary N) is 1. The number of benzene rings is 1. The van der Waals surface area contributed by atoms with E-state index in [-0.39, 0.29) is 11.9 Å². The van der Waals surface area contributed by atoms with Gasteiger partial charge in [-0.05, 0) is 37.6 Å². The third kappa shape index (κ3) is 3.71. The third-order valence-electron chi connectivity index (χ3n) is 3.27. The first-order valence-corrected chi connectivity index (χ1v) is 6.90. The van der Waals surface area contributed by atoms with Crippen LogP contribution in [0.3, 0.4) is 0 Å². The number of hydrogen-bond acceptors (Lipinski definition) is 5. The van der Waals surface area contributed by atoms with Gasteiger partial charge in [-0.2, -0.15) is 0 Å². The van der Waals surface area contributed by atoms with Crippen LogP contribution < -0.4 is 15.2 Å². The number of ether oxygens (including phenoxy) is 3. The summed E-state index contributed by atoms with van der Waals surface area (Å²) in [4.78, 5) is 11.8. The first-order chi connectivity index (χ1) is 9.74. The Balaban J connectivity index is 2.10. The molecule has 0 radical (unpaired) electrons. The summed E-state index contributed by atoms with van der Waals surface area (Å²) in [7, 11) is 1.57. The molecule has 1 aliphatic heterocycles. The van der Waals surface area contributed by atoms with Crippen LogP contribution in [0.5, 0.6) is 11.5 Å². The fourth-order valence-electron chi connectivity index (χ4n) is 2.20. The zero-order chi connectivity index (χ0) is 14.4. The van der Waals surface area contributed by atoms with Gasteiger partial charge in [-0.1, -0.05) is 0 Å². The topological polar surface area (TPSA) is 70.8 Å². The molecule has 1 aromatic carbocycles. The number of methoxy groups -OCH3 is 1. The Hall–Kier alpha value is -1.59. The van der Waals surface area contributed by atoms with Gasteiger partial charge < -0.3 is 19.9 Å². The molecule has 2 N–H and O–H groups in total. The van der Waals surface area contributed by atoms with Gasteiger partial charge >= 0.3 is 0 Å². The first kappa shape index (κ1) is 14.8. The van der Waals surface area contributed by atoms with Crippen molar-refractivity contribution in [3.8, 4) is 11.5 Å². The minimum absolute atomic E-state index is 0.0124. The second kappa shape index (κ2) is 7.26. The predicted octanol–water partition coefficient (Wildman–Crippen LogP) is 1.78. The van der Waals surface area contributed by atoms with Gasteiger partial charge in [0.2, 0.25) is 0 Å². The number of carbonyl (C=O) groups excluding carboxylic acids is 1. The fraction of sp³-hybridized carbons (Fsp3) is 0.533. The van der Waals surface area contributed by atoms with Crippen LogP contribution in [0.4, 0.5) is 0 Å². The Morgan fingerprint density at radius 2 is 2.30 bits per heavy atom. The van der Waals surface area contributed by atoms with E-state index in [9.17, 15) is 4.79 Å². The van der Waals surface area contributed by atoms with Crippen molar-refractivity contribution in [1.29, 1.82) is 0 Å². The van der Waals surface area contributed by atoms with Crippen molar-refractivity contribution in [2.24, 2.45) is 5.73 Å². The summed E-state index contributed by atoms with van der Waals surface area (Å²) in [6.07, 6.45) is 2.35. The quantitative estimate of drug-likeness (QED) is 0.804. The molecular weight excluding hydrogens is 258 g/mol. The number of Topliss-reactive ketones (excluding diaryl/α,β-unsaturated/α-hetero) is 1. The molecule has 20 heavy (non-hydrogen) atoms. The SMILES string of the molecule is COc1cc(C(=O)CCN)ccc1OC1CCCOC1. The maximum absolute atomic E-state index is 11.8. The van der Waals surface area contributed by atoms with Crippen LogP contribution in [-0.4, -0.2) is 38.8 Å². The minimum Gasteiger partial charge on any atom is -0.493 e. The van der Waals surface area contributed by atoms with Crippen molar-refractivity contribution in [3.63, 3.8) is 0 Å². The Bertz CT molecular complexity index is 455. The lowest BCUT2D eigenvalue weighted by atomic mass is 10.1. The second-order valence-electron chi connectivity index (χ2n) is 4.78. The molecule has 1 unspecified atom stereocenters. The van der Waals surface area contributed by atoms with Crippen LogP contribution in [0.1, 0.15) is 29.6 Å². The third-order valence-corrected chi connectivity index (χ3v) is 3.27. The standard InChI is InChI=1S/C15H21NO4/c1-18-15-9-11(13(17)6-7-16)4-5-14(15)20-12-3-2-8-19-10-12/h4-5,9,12H,2-3,6-8,10,16H2,1H3. The lowest BCUT2D eigenvalue weighted by Crippen LogP contribution is -2.28. The molecule has 1 aromatic rings. The van der Waals surface area contributed by atoms with Crippen molar-refractivity contribution < 1.29 is 19.0 Å². The van der Waals surface area contributed by atoms with Crippen LogP contribution in [-0.2, 0) is 4.74 Å². The zero-order valence-electron chi connectivity index (χ0n) is 11.8. The van der Waals surface area contributed by atoms with E-state index in [4.69, 9.17) is 19.9 Å². The molecule has 0 aromatic heterocycles. The second-order valence-corrected chi connectivity index (χ2v) is 4.78. The van der Waals surface area contributed by atoms with Crippen molar-refractivity contribution in [2.75, 3.05) is 26.9 Å². The van der Waals surface area contributed by atoms with Crippen LogP contribution >= 0.6 is 0 Å². The van der Waals surface area contributed by atoms with E-state index in [1.807, 2.05) is 0 Å². The molecule has 1 saturated heterocycles. The van der Waals surface area contributed by atoms with Gasteiger partial charge in [0.25, 0.3) is 0 Å². The summed E-state index contributed by atoms with van der Waals surface area (Å²) in [6.45, 7) is 1.74. The Kier molecular flexibility index (Phi) is 5.38. The maximum Gasteiger partial charge on any atom is 0.164 e. The molecule has 2 rings (SSSR count). The monoisotopic (exact) mass is 279 g/mol. The highest BCUT2D eigenvalue weighted by Crippen LogP contribution is 2.30. The Morgan fingerprint density at radius 3 is 2.95 bits per heavy atom. The average molecular weight is 279 g/mol. The lowest BCUT2D eigenvalue weighted by molar-refractivity contribution is 0.00643. The van der Waals surface area contributed by atoms with Crippen LogP contribution in [0, 0.1) is 0 Å². The highest BCUT2D eigenvalue weighted by Gasteiger charge is 2.18. The van der Waals surface area contributed by atoms with E-state index in [1.165, 1.54) is 0 Å². The van der Waals surface area contributed by atoms with Gasteiger partial charge in [-0.25, -0.2) is 0 Å². The van der Waals surface area contributed by atoms with Gasteiger partial charge in [-0.15, -0.1) is 0 Å². The lowest BCUT2D eigenvalue weighted by Gasteiger charge is -2.24. The van der Waals surface area contributed by atoms with Gasteiger partial charge in [0.15, 0.2) is 17.3 Å². The smallest absolute Gasteiger partial charge is 0.164 e. The molecule has 0 bridgehead atoms. The molecule has 5 heteroatoms. The summed E-state index contributed by atoms with van der Waals surface area (Å²) in [5.41, 5.74) is 6.00. The molecule has 0 amide bonds. The number of carbonyl (C=O) groups is 1. The molecule has 110 valence electrons. The molecule has 5 nitrogen and oxygen atoms in total. The van der Waals surface area contributed by atoms with Crippen LogP contribution in [0.2, 0.25) is 0 Å². The van der Waals surface area contributed by atoms with Gasteiger partial charge in [-0.3, -0.25) is 4.79 Å². The molecule has 0 saturated carbocycles. The van der Waals surface area contributed by atoms with Gasteiger partial charge in [0.1, 0.15) is 6.10 Å². The van der Waals surface area contributed by atoms with Crippen LogP contribution in [0.25, 0.3) is 0 Å². The van der Waals surface area contributed by atoms with E-state index in [2.05, 4.69) is 0 Å². The molecular formula is C15H21NO4. The van der Waals surface area contributed by atoms with E-state index < -0.39 is 0 Å². The maximum atomic E-state index is 11.8. The highest BCUT2D eigenvalue weighted by molar-refractivity contribution is 5.96. The molecule has 1 atom stereocenters. The van der Waals surface area contributed by atoms with Crippen molar-refractivity contribution >= 4 is 5.78 Å². The van der Waals surface area contributed by atoms with Crippen molar-refractivity contribution in [3.05, 3.63) is 23.8 Å². The van der Waals surface area contributed by atoms with Crippen molar-refractivity contribution in [2.45, 2.75) is 25.4 Å². The molecule has 0 spiro atoms. The van der Waals surface area contributed by atoms with E-state index in [0.717, 1.165) is 19.4 Å². The number of rotatable bonds is 6. The normalized spacial score (nSPS) is 18.6. The highest BCUT2D eigenvalue weighted by atomic mass is 16.5. The predicted molar refractivity (Wildman–Crippen MR) is 75.5 cm³/mol. The summed E-state index contributed by atoms with van der Waals surface area (Å²) >= 11 is 0. The molecule has 1 fully saturated rings. The minimum atomic E-state index is 0.0124. The van der Waals surface area contributed by atoms with E-state index in [0.29, 0.717) is 36.6 Å². The molecule has 1 heterocycles. The number of hydrogen-bond donors (Lipinski definition) is 1. The summed E-state index contributed by atoms with van der Waals surface area (Å²) in [5.74, 6) is 1.23. The molecule has 0 aliphatic carbocycles. The largest absolute Gasteiger partial charge is 0.493 e. The summed E-state index contributed by atoms with van der Waals surface area (Å²) in [5, 5.41) is 0. The fourth-order valence-corrected chi connectivity index (χ4v) is 2.20. The molecule has 1 aliphatic rings. The van der Waals surface area contributed by atoms with E-state index >= 15 is 0 Å². The van der Waals surface area contributed by atoms with Crippen molar-refractivity contribution in [1.82, 2.24) is 0 Å². The van der Waals surface area contributed by atoms with Gasteiger partial charge in [0, 0.05) is 18.6 Å². The number of ketones is 1. The average Bonchev–Trinajstić information content (AvgIpc) is 2.49. The first-order valence-electron chi connectivity index (χ1n) is 6.90. The summed E-state index contributed by atoms with van der Waals surface area (Å²) in [6, 6.07) is 5.23. The zero-order valence-corrected chi connectivity index (χ0v) is 11.8. The van der Waals surface area contributed by atoms with Crippen LogP contribution in [0.15, 0.2) is 18.2 Å².